The van der Waals surface area contributed by atoms with Crippen LogP contribution in [0.15, 0.2) is 4.34 Å². The van der Waals surface area contributed by atoms with E-state index in [9.17, 15) is 4.79 Å². The molecule has 1 amide bonds. The van der Waals surface area contributed by atoms with Crippen LogP contribution in [0.5, 0.6) is 0 Å². The molecule has 84 valence electrons. The molecule has 0 aliphatic rings. The van der Waals surface area contributed by atoms with Gasteiger partial charge in [-0.1, -0.05) is 30.0 Å². The first-order chi connectivity index (χ1) is 7.26. The summed E-state index contributed by atoms with van der Waals surface area (Å²) in [6, 6.07) is 0. The molecule has 0 unspecified atom stereocenters. The van der Waals surface area contributed by atoms with E-state index in [0.29, 0.717) is 17.4 Å². The third-order valence-corrected chi connectivity index (χ3v) is 3.77. The largest absolute Gasteiger partial charge is 0.300 e. The van der Waals surface area contributed by atoms with E-state index in [1.165, 1.54) is 11.3 Å². The van der Waals surface area contributed by atoms with Crippen molar-refractivity contribution in [1.82, 2.24) is 10.2 Å². The topological polar surface area (TPSA) is 54.9 Å². The second kappa shape index (κ2) is 7.03. The lowest BCUT2D eigenvalue weighted by atomic mass is 10.5. The summed E-state index contributed by atoms with van der Waals surface area (Å²) in [6.45, 7) is 2.11. The summed E-state index contributed by atoms with van der Waals surface area (Å²) < 4.78 is 0.887. The molecule has 1 heterocycles. The highest BCUT2D eigenvalue weighted by Gasteiger charge is 2.07. The van der Waals surface area contributed by atoms with E-state index in [-0.39, 0.29) is 5.91 Å². The van der Waals surface area contributed by atoms with Gasteiger partial charge in [-0.25, -0.2) is 0 Å². The van der Waals surface area contributed by atoms with Crippen LogP contribution in [0.1, 0.15) is 19.8 Å². The van der Waals surface area contributed by atoms with Crippen LogP contribution < -0.4 is 5.32 Å². The number of hydrogen-bond acceptors (Lipinski definition) is 5. The quantitative estimate of drug-likeness (QED) is 0.488. The molecule has 0 saturated carbocycles. The molecule has 1 aromatic rings. The molecule has 1 N–H and O–H groups in total. The Labute approximate surface area is 102 Å². The molecule has 15 heavy (non-hydrogen) atoms. The van der Waals surface area contributed by atoms with Crippen molar-refractivity contribution in [1.29, 1.82) is 0 Å². The van der Waals surface area contributed by atoms with Crippen LogP contribution in [0, 0.1) is 0 Å². The van der Waals surface area contributed by atoms with E-state index >= 15 is 0 Å². The number of nitrogens with zero attached hydrogens (tertiary/aromatic N) is 2. The highest BCUT2D eigenvalue weighted by molar-refractivity contribution is 8.01. The van der Waals surface area contributed by atoms with Crippen molar-refractivity contribution in [2.45, 2.75) is 24.1 Å². The fourth-order valence-corrected chi connectivity index (χ4v) is 2.64. The molecule has 0 aliphatic carbocycles. The van der Waals surface area contributed by atoms with Crippen LogP contribution in [-0.2, 0) is 4.79 Å². The maximum atomic E-state index is 11.2. The Hall–Kier alpha value is -0.330. The van der Waals surface area contributed by atoms with Crippen molar-refractivity contribution in [3.8, 4) is 0 Å². The molecule has 0 atom stereocenters. The van der Waals surface area contributed by atoms with Crippen molar-refractivity contribution in [2.24, 2.45) is 0 Å². The number of carbonyl (C=O) groups is 1. The van der Waals surface area contributed by atoms with Gasteiger partial charge >= 0.3 is 0 Å². The van der Waals surface area contributed by atoms with Crippen LogP contribution in [0.4, 0.5) is 5.13 Å². The minimum absolute atomic E-state index is 0.117. The van der Waals surface area contributed by atoms with Crippen molar-refractivity contribution in [3.63, 3.8) is 0 Å². The van der Waals surface area contributed by atoms with Gasteiger partial charge in [-0.15, -0.1) is 21.8 Å². The fraction of sp³-hybridized carbons (Fsp3) is 0.625. The molecule has 0 saturated heterocycles. The Kier molecular flexibility index (Phi) is 5.97. The third-order valence-electron chi connectivity index (χ3n) is 1.40. The molecule has 0 fully saturated rings. The molecule has 4 nitrogen and oxygen atoms in total. The number of rotatable bonds is 6. The Morgan fingerprint density at radius 2 is 2.40 bits per heavy atom. The zero-order valence-electron chi connectivity index (χ0n) is 8.33. The normalized spacial score (nSPS) is 10.3. The van der Waals surface area contributed by atoms with Crippen molar-refractivity contribution in [3.05, 3.63) is 0 Å². The number of aromatic nitrogens is 2. The molecule has 7 heteroatoms. The van der Waals surface area contributed by atoms with E-state index in [4.69, 9.17) is 11.6 Å². The minimum Gasteiger partial charge on any atom is -0.300 e. The van der Waals surface area contributed by atoms with Crippen molar-refractivity contribution in [2.75, 3.05) is 16.9 Å². The van der Waals surface area contributed by atoms with Gasteiger partial charge in [-0.2, -0.15) is 0 Å². The number of alkyl halides is 1. The second-order valence-corrected chi connectivity index (χ2v) is 5.41. The van der Waals surface area contributed by atoms with Gasteiger partial charge in [0.25, 0.3) is 0 Å². The standard InChI is InChI=1S/C8H12ClN3OS2/c1-2-5-14-8-12-11-7(15-8)10-6(13)3-4-9/h2-5H2,1H3,(H,10,11,13). The van der Waals surface area contributed by atoms with E-state index in [0.717, 1.165) is 16.5 Å². The summed E-state index contributed by atoms with van der Waals surface area (Å²) in [5.41, 5.74) is 0. The van der Waals surface area contributed by atoms with E-state index in [2.05, 4.69) is 22.4 Å². The first-order valence-corrected chi connectivity index (χ1v) is 6.92. The average molecular weight is 266 g/mol. The first kappa shape index (κ1) is 12.7. The zero-order chi connectivity index (χ0) is 11.1. The van der Waals surface area contributed by atoms with Gasteiger partial charge in [-0.3, -0.25) is 4.79 Å². The van der Waals surface area contributed by atoms with Crippen LogP contribution in [0.2, 0.25) is 0 Å². The summed E-state index contributed by atoms with van der Waals surface area (Å²) in [5.74, 6) is 1.22. The number of amides is 1. The predicted octanol–water partition coefficient (Wildman–Crippen LogP) is 2.61. The molecule has 0 aromatic carbocycles. The lowest BCUT2D eigenvalue weighted by Gasteiger charge is -1.96. The monoisotopic (exact) mass is 265 g/mol. The maximum absolute atomic E-state index is 11.2. The summed E-state index contributed by atoms with van der Waals surface area (Å²) in [7, 11) is 0. The number of halogens is 1. The first-order valence-electron chi connectivity index (χ1n) is 4.58. The van der Waals surface area contributed by atoms with Crippen LogP contribution >= 0.6 is 34.7 Å². The molecule has 0 radical (unpaired) electrons. The Bertz CT molecular complexity index is 319. The zero-order valence-corrected chi connectivity index (χ0v) is 10.7. The van der Waals surface area contributed by atoms with Crippen molar-refractivity contribution < 1.29 is 4.79 Å². The molecule has 0 spiro atoms. The molecular formula is C8H12ClN3OS2. The van der Waals surface area contributed by atoms with Crippen LogP contribution in [-0.4, -0.2) is 27.7 Å². The molecule has 1 aromatic heterocycles. The molecule has 0 bridgehead atoms. The van der Waals surface area contributed by atoms with Gasteiger partial charge < -0.3 is 5.32 Å². The van der Waals surface area contributed by atoms with Gasteiger partial charge in [0.1, 0.15) is 0 Å². The highest BCUT2D eigenvalue weighted by Crippen LogP contribution is 2.25. The Balaban J connectivity index is 2.42. The third kappa shape index (κ3) is 4.81. The minimum atomic E-state index is -0.117. The molecule has 1 rings (SSSR count). The van der Waals surface area contributed by atoms with Gasteiger partial charge in [0.05, 0.1) is 0 Å². The average Bonchev–Trinajstić information content (AvgIpc) is 2.63. The number of nitrogens with one attached hydrogen (secondary N) is 1. The number of thioether (sulfide) groups is 1. The number of hydrogen-bond donors (Lipinski definition) is 1. The second-order valence-electron chi connectivity index (χ2n) is 2.71. The molecular weight excluding hydrogens is 254 g/mol. The summed E-state index contributed by atoms with van der Waals surface area (Å²) in [5, 5.41) is 11.0. The lowest BCUT2D eigenvalue weighted by molar-refractivity contribution is -0.115. The SMILES string of the molecule is CCCSc1nnc(NC(=O)CCCl)s1. The fourth-order valence-electron chi connectivity index (χ4n) is 0.776. The Morgan fingerprint density at radius 3 is 3.07 bits per heavy atom. The predicted molar refractivity (Wildman–Crippen MR) is 64.9 cm³/mol. The maximum Gasteiger partial charge on any atom is 0.227 e. The Morgan fingerprint density at radius 1 is 1.60 bits per heavy atom. The number of anilines is 1. The summed E-state index contributed by atoms with van der Waals surface area (Å²) >= 11 is 8.48. The van der Waals surface area contributed by atoms with Gasteiger partial charge in [-0.05, 0) is 6.42 Å². The van der Waals surface area contributed by atoms with Gasteiger partial charge in [0.15, 0.2) is 4.34 Å². The molecule has 0 aliphatic heterocycles. The van der Waals surface area contributed by atoms with E-state index < -0.39 is 0 Å². The highest BCUT2D eigenvalue weighted by atomic mass is 35.5. The van der Waals surface area contributed by atoms with Crippen molar-refractivity contribution >= 4 is 45.7 Å². The van der Waals surface area contributed by atoms with Crippen LogP contribution in [0.25, 0.3) is 0 Å². The summed E-state index contributed by atoms with van der Waals surface area (Å²) in [4.78, 5) is 11.2. The van der Waals surface area contributed by atoms with Crippen LogP contribution in [0.3, 0.4) is 0 Å². The van der Waals surface area contributed by atoms with Gasteiger partial charge in [0.2, 0.25) is 11.0 Å². The summed E-state index contributed by atoms with van der Waals surface area (Å²) in [6.07, 6.45) is 1.40. The number of carbonyl (C=O) groups excluding carboxylic acids is 1. The van der Waals surface area contributed by atoms with E-state index in [1.807, 2.05) is 0 Å². The van der Waals surface area contributed by atoms with E-state index in [1.54, 1.807) is 11.8 Å². The lowest BCUT2D eigenvalue weighted by Crippen LogP contribution is -2.11. The van der Waals surface area contributed by atoms with Gasteiger partial charge in [0, 0.05) is 18.1 Å². The smallest absolute Gasteiger partial charge is 0.227 e.